The van der Waals surface area contributed by atoms with Crippen molar-refractivity contribution in [2.24, 2.45) is 4.99 Å². The molecule has 0 aliphatic carbocycles. The first kappa shape index (κ1) is 19.1. The van der Waals surface area contributed by atoms with Gasteiger partial charge in [0.25, 0.3) is 0 Å². The van der Waals surface area contributed by atoms with Crippen molar-refractivity contribution >= 4 is 28.9 Å². The van der Waals surface area contributed by atoms with Crippen molar-refractivity contribution in [3.8, 4) is 0 Å². The van der Waals surface area contributed by atoms with E-state index in [1.54, 1.807) is 0 Å². The van der Waals surface area contributed by atoms with Crippen molar-refractivity contribution in [1.82, 2.24) is 20.5 Å². The molecular weight excluding hydrogens is 366 g/mol. The van der Waals surface area contributed by atoms with Gasteiger partial charge in [-0.2, -0.15) is 0 Å². The van der Waals surface area contributed by atoms with Crippen molar-refractivity contribution in [1.29, 1.82) is 0 Å². The zero-order valence-corrected chi connectivity index (χ0v) is 16.7. The molecule has 1 aliphatic heterocycles. The third-order valence-corrected chi connectivity index (χ3v) is 5.83. The Kier molecular flexibility index (Phi) is 7.29. The van der Waals surface area contributed by atoms with Crippen LogP contribution in [0.4, 0.5) is 0 Å². The van der Waals surface area contributed by atoms with Gasteiger partial charge in [0.05, 0.1) is 6.04 Å². The first-order valence-corrected chi connectivity index (χ1v) is 10.3. The summed E-state index contributed by atoms with van der Waals surface area (Å²) < 4.78 is 0. The number of likely N-dealkylation sites (tertiary alicyclic amines) is 1. The molecule has 1 atom stereocenters. The molecule has 5 nitrogen and oxygen atoms in total. The molecule has 3 heterocycles. The third-order valence-electron chi connectivity index (χ3n) is 4.63. The smallest absolute Gasteiger partial charge is 0.191 e. The predicted molar refractivity (Wildman–Crippen MR) is 110 cm³/mol. The van der Waals surface area contributed by atoms with Gasteiger partial charge < -0.3 is 10.6 Å². The van der Waals surface area contributed by atoms with Crippen LogP contribution in [0.3, 0.4) is 0 Å². The molecule has 2 aromatic rings. The van der Waals surface area contributed by atoms with Gasteiger partial charge in [-0.15, -0.1) is 11.3 Å². The minimum Gasteiger partial charge on any atom is -0.356 e. The number of aromatic nitrogens is 1. The molecule has 0 saturated carbocycles. The summed E-state index contributed by atoms with van der Waals surface area (Å²) in [6.07, 6.45) is 5.29. The summed E-state index contributed by atoms with van der Waals surface area (Å²) in [4.78, 5) is 12.5. The number of hydrogen-bond acceptors (Lipinski definition) is 4. The number of pyridine rings is 1. The second kappa shape index (κ2) is 9.90. The lowest BCUT2D eigenvalue weighted by Crippen LogP contribution is -2.43. The lowest BCUT2D eigenvalue weighted by Gasteiger charge is -2.27. The zero-order chi connectivity index (χ0) is 18.2. The maximum Gasteiger partial charge on any atom is 0.191 e. The summed E-state index contributed by atoms with van der Waals surface area (Å²) in [5.74, 6) is 0.840. The van der Waals surface area contributed by atoms with Crippen LogP contribution < -0.4 is 10.6 Å². The maximum atomic E-state index is 5.83. The number of aliphatic imine (C=N–C) groups is 1. The van der Waals surface area contributed by atoms with E-state index >= 15 is 0 Å². The van der Waals surface area contributed by atoms with E-state index in [1.807, 2.05) is 36.7 Å². The molecule has 0 radical (unpaired) electrons. The highest BCUT2D eigenvalue weighted by molar-refractivity contribution is 7.10. The largest absolute Gasteiger partial charge is 0.356 e. The van der Waals surface area contributed by atoms with Crippen molar-refractivity contribution in [2.45, 2.75) is 25.3 Å². The minimum absolute atomic E-state index is 0.413. The van der Waals surface area contributed by atoms with E-state index in [1.165, 1.54) is 30.8 Å². The van der Waals surface area contributed by atoms with Gasteiger partial charge in [-0.05, 0) is 55.4 Å². The second-order valence-electron chi connectivity index (χ2n) is 6.39. The summed E-state index contributed by atoms with van der Waals surface area (Å²) in [5, 5.41) is 9.57. The lowest BCUT2D eigenvalue weighted by atomic mass is 10.2. The fourth-order valence-electron chi connectivity index (χ4n) is 3.24. The Bertz CT molecular complexity index is 680. The summed E-state index contributed by atoms with van der Waals surface area (Å²) in [7, 11) is 1.81. The molecule has 0 spiro atoms. The first-order chi connectivity index (χ1) is 12.8. The van der Waals surface area contributed by atoms with Crippen LogP contribution in [0.25, 0.3) is 0 Å². The molecule has 3 rings (SSSR count). The van der Waals surface area contributed by atoms with Gasteiger partial charge in [0.2, 0.25) is 0 Å². The highest BCUT2D eigenvalue weighted by atomic mass is 35.5. The van der Waals surface area contributed by atoms with E-state index in [9.17, 15) is 0 Å². The van der Waals surface area contributed by atoms with E-state index < -0.39 is 0 Å². The molecule has 7 heteroatoms. The Balaban J connectivity index is 1.49. The molecule has 26 heavy (non-hydrogen) atoms. The number of halogens is 1. The van der Waals surface area contributed by atoms with Gasteiger partial charge in [0.1, 0.15) is 5.15 Å². The van der Waals surface area contributed by atoms with Crippen LogP contribution in [-0.2, 0) is 6.42 Å². The number of hydrogen-bond donors (Lipinski definition) is 2. The molecule has 0 amide bonds. The SMILES string of the molecule is CN=C(NCCc1ccc(Cl)nc1)NCC(c1cccs1)N1CCCC1. The maximum absolute atomic E-state index is 5.83. The molecule has 1 fully saturated rings. The monoisotopic (exact) mass is 391 g/mol. The number of nitrogens with one attached hydrogen (secondary N) is 2. The number of nitrogens with zero attached hydrogens (tertiary/aromatic N) is 3. The normalized spacial score (nSPS) is 16.6. The molecule has 0 aromatic carbocycles. The van der Waals surface area contributed by atoms with E-state index in [0.717, 1.165) is 31.0 Å². The van der Waals surface area contributed by atoms with E-state index in [-0.39, 0.29) is 0 Å². The summed E-state index contributed by atoms with van der Waals surface area (Å²) in [6, 6.07) is 8.62. The quantitative estimate of drug-likeness (QED) is 0.432. The molecule has 1 aliphatic rings. The van der Waals surface area contributed by atoms with Gasteiger partial charge in [0.15, 0.2) is 5.96 Å². The molecule has 140 valence electrons. The van der Waals surface area contributed by atoms with Crippen LogP contribution in [0.5, 0.6) is 0 Å². The molecule has 2 N–H and O–H groups in total. The average molecular weight is 392 g/mol. The molecule has 1 saturated heterocycles. The van der Waals surface area contributed by atoms with E-state index in [2.05, 4.69) is 43.0 Å². The highest BCUT2D eigenvalue weighted by Crippen LogP contribution is 2.27. The Morgan fingerprint density at radius 3 is 2.81 bits per heavy atom. The molecule has 0 bridgehead atoms. The van der Waals surface area contributed by atoms with Gasteiger partial charge in [-0.3, -0.25) is 9.89 Å². The Hall–Kier alpha value is -1.63. The Labute approximate surface area is 164 Å². The summed E-state index contributed by atoms with van der Waals surface area (Å²) >= 11 is 7.66. The van der Waals surface area contributed by atoms with Gasteiger partial charge in [-0.25, -0.2) is 4.98 Å². The highest BCUT2D eigenvalue weighted by Gasteiger charge is 2.24. The fourth-order valence-corrected chi connectivity index (χ4v) is 4.21. The van der Waals surface area contributed by atoms with Gasteiger partial charge in [-0.1, -0.05) is 23.7 Å². The number of thiophene rings is 1. The molecular formula is C19H26ClN5S. The van der Waals surface area contributed by atoms with Crippen molar-refractivity contribution in [3.63, 3.8) is 0 Å². The number of rotatable bonds is 7. The van der Waals surface area contributed by atoms with Crippen LogP contribution in [-0.4, -0.2) is 49.1 Å². The van der Waals surface area contributed by atoms with E-state index in [4.69, 9.17) is 11.6 Å². The molecule has 1 unspecified atom stereocenters. The van der Waals surface area contributed by atoms with Crippen molar-refractivity contribution in [2.75, 3.05) is 33.2 Å². The van der Waals surface area contributed by atoms with Gasteiger partial charge in [0, 0.05) is 31.2 Å². The van der Waals surface area contributed by atoms with Crippen LogP contribution in [0.1, 0.15) is 29.3 Å². The number of guanidine groups is 1. The summed E-state index contributed by atoms with van der Waals surface area (Å²) in [5.41, 5.74) is 1.16. The van der Waals surface area contributed by atoms with Gasteiger partial charge >= 0.3 is 0 Å². The minimum atomic E-state index is 0.413. The zero-order valence-electron chi connectivity index (χ0n) is 15.1. The standard InChI is InChI=1S/C19H26ClN5S/c1-21-19(22-9-8-15-6-7-18(20)23-13-15)24-14-16(17-5-4-12-26-17)25-10-2-3-11-25/h4-7,12-13,16H,2-3,8-11,14H2,1H3,(H2,21,22,24). The summed E-state index contributed by atoms with van der Waals surface area (Å²) in [6.45, 7) is 4.03. The Morgan fingerprint density at radius 1 is 1.31 bits per heavy atom. The van der Waals surface area contributed by atoms with Crippen LogP contribution in [0, 0.1) is 0 Å². The first-order valence-electron chi connectivity index (χ1n) is 9.08. The third kappa shape index (κ3) is 5.43. The van der Waals surface area contributed by atoms with Crippen LogP contribution in [0.15, 0.2) is 40.8 Å². The van der Waals surface area contributed by atoms with Crippen LogP contribution in [0.2, 0.25) is 5.15 Å². The fraction of sp³-hybridized carbons (Fsp3) is 0.474. The van der Waals surface area contributed by atoms with E-state index in [0.29, 0.717) is 11.2 Å². The average Bonchev–Trinajstić information content (AvgIpc) is 3.36. The molecule has 2 aromatic heterocycles. The predicted octanol–water partition coefficient (Wildman–Crippen LogP) is 3.34. The Morgan fingerprint density at radius 2 is 2.15 bits per heavy atom. The van der Waals surface area contributed by atoms with Crippen molar-refractivity contribution in [3.05, 3.63) is 51.4 Å². The van der Waals surface area contributed by atoms with Crippen LogP contribution >= 0.6 is 22.9 Å². The van der Waals surface area contributed by atoms with Crippen molar-refractivity contribution < 1.29 is 0 Å². The lowest BCUT2D eigenvalue weighted by molar-refractivity contribution is 0.249. The second-order valence-corrected chi connectivity index (χ2v) is 7.76. The topological polar surface area (TPSA) is 52.6 Å².